The molecule has 1 heterocycles. The Bertz CT molecular complexity index is 303. The number of rotatable bonds is 3. The fourth-order valence-corrected chi connectivity index (χ4v) is 3.05. The summed E-state index contributed by atoms with van der Waals surface area (Å²) in [5.74, 6) is -0.568. The number of carbonyl (C=O) groups is 1. The maximum Gasteiger partial charge on any atom is 0.338 e. The van der Waals surface area contributed by atoms with E-state index in [0.717, 1.165) is 19.4 Å². The Kier molecular flexibility index (Phi) is 4.25. The molecule has 0 aromatic carbocycles. The van der Waals surface area contributed by atoms with Crippen LogP contribution in [0.2, 0.25) is 0 Å². The summed E-state index contributed by atoms with van der Waals surface area (Å²) in [5, 5.41) is 10.2. The molecule has 0 bridgehead atoms. The maximum atomic E-state index is 11.5. The van der Waals surface area contributed by atoms with Gasteiger partial charge in [-0.2, -0.15) is 0 Å². The van der Waals surface area contributed by atoms with Gasteiger partial charge in [0.15, 0.2) is 5.60 Å². The normalized spacial score (nSPS) is 32.4. The molecular formula is C13H23NO4. The summed E-state index contributed by atoms with van der Waals surface area (Å²) in [6.45, 7) is 3.29. The van der Waals surface area contributed by atoms with Crippen LogP contribution in [0.3, 0.4) is 0 Å². The highest BCUT2D eigenvalue weighted by molar-refractivity contribution is 5.78. The molecule has 1 aliphatic heterocycles. The number of ether oxygens (including phenoxy) is 2. The molecule has 1 saturated heterocycles. The van der Waals surface area contributed by atoms with Crippen LogP contribution in [0.5, 0.6) is 0 Å². The van der Waals surface area contributed by atoms with Gasteiger partial charge in [-0.15, -0.1) is 0 Å². The Morgan fingerprint density at radius 1 is 1.50 bits per heavy atom. The molecule has 0 amide bonds. The molecule has 5 nitrogen and oxygen atoms in total. The smallest absolute Gasteiger partial charge is 0.338 e. The molecule has 0 spiro atoms. The second-order valence-corrected chi connectivity index (χ2v) is 5.50. The van der Waals surface area contributed by atoms with Crippen LogP contribution in [0.4, 0.5) is 0 Å². The van der Waals surface area contributed by atoms with Crippen molar-refractivity contribution >= 4 is 5.97 Å². The summed E-state index contributed by atoms with van der Waals surface area (Å²) in [6.07, 6.45) is 4.84. The number of β-amino-alcohol motifs (C(OH)–C–C–N with tert-alkyl or cyclic N) is 1. The Balaban J connectivity index is 2.01. The number of aliphatic hydroxyl groups is 1. The van der Waals surface area contributed by atoms with Gasteiger partial charge in [0.25, 0.3) is 0 Å². The zero-order chi connectivity index (χ0) is 13.2. The molecule has 3 unspecified atom stereocenters. The van der Waals surface area contributed by atoms with E-state index >= 15 is 0 Å². The van der Waals surface area contributed by atoms with Crippen LogP contribution in [0.25, 0.3) is 0 Å². The quantitative estimate of drug-likeness (QED) is 0.748. The lowest BCUT2D eigenvalue weighted by Crippen LogP contribution is -2.58. The van der Waals surface area contributed by atoms with E-state index in [0.29, 0.717) is 19.2 Å². The van der Waals surface area contributed by atoms with E-state index in [1.54, 1.807) is 0 Å². The van der Waals surface area contributed by atoms with Crippen molar-refractivity contribution in [1.82, 2.24) is 4.90 Å². The topological polar surface area (TPSA) is 59.0 Å². The van der Waals surface area contributed by atoms with E-state index in [1.807, 2.05) is 0 Å². The Morgan fingerprint density at radius 3 is 2.94 bits per heavy atom. The molecular weight excluding hydrogens is 234 g/mol. The SMILES string of the molecule is COC(=O)C(C)(O)CN1CCOC2CCCCC21. The zero-order valence-corrected chi connectivity index (χ0v) is 11.2. The van der Waals surface area contributed by atoms with Gasteiger partial charge in [0.1, 0.15) is 0 Å². The summed E-state index contributed by atoms with van der Waals surface area (Å²) < 4.78 is 10.4. The third-order valence-corrected chi connectivity index (χ3v) is 3.98. The Labute approximate surface area is 108 Å². The highest BCUT2D eigenvalue weighted by Crippen LogP contribution is 2.29. The predicted molar refractivity (Wildman–Crippen MR) is 66.2 cm³/mol. The lowest BCUT2D eigenvalue weighted by Gasteiger charge is -2.45. The lowest BCUT2D eigenvalue weighted by atomic mass is 9.89. The lowest BCUT2D eigenvalue weighted by molar-refractivity contribution is -0.167. The van der Waals surface area contributed by atoms with E-state index in [1.165, 1.54) is 26.9 Å². The zero-order valence-electron chi connectivity index (χ0n) is 11.2. The fourth-order valence-electron chi connectivity index (χ4n) is 3.05. The van der Waals surface area contributed by atoms with Gasteiger partial charge < -0.3 is 14.6 Å². The molecule has 1 aliphatic carbocycles. The van der Waals surface area contributed by atoms with Gasteiger partial charge in [0.2, 0.25) is 0 Å². The van der Waals surface area contributed by atoms with Crippen molar-refractivity contribution < 1.29 is 19.4 Å². The molecule has 1 saturated carbocycles. The maximum absolute atomic E-state index is 11.5. The van der Waals surface area contributed by atoms with Crippen molar-refractivity contribution in [2.75, 3.05) is 26.8 Å². The van der Waals surface area contributed by atoms with E-state index in [9.17, 15) is 9.90 Å². The molecule has 0 aromatic rings. The van der Waals surface area contributed by atoms with Gasteiger partial charge in [-0.1, -0.05) is 12.8 Å². The Morgan fingerprint density at radius 2 is 2.22 bits per heavy atom. The molecule has 2 rings (SSSR count). The van der Waals surface area contributed by atoms with E-state index < -0.39 is 11.6 Å². The first kappa shape index (κ1) is 13.8. The number of nitrogens with zero attached hydrogens (tertiary/aromatic N) is 1. The van der Waals surface area contributed by atoms with Gasteiger partial charge in [-0.05, 0) is 19.8 Å². The van der Waals surface area contributed by atoms with E-state index in [-0.39, 0.29) is 6.10 Å². The van der Waals surface area contributed by atoms with E-state index in [4.69, 9.17) is 4.74 Å². The van der Waals surface area contributed by atoms with Crippen LogP contribution in [-0.2, 0) is 14.3 Å². The first-order chi connectivity index (χ1) is 8.54. The van der Waals surface area contributed by atoms with Gasteiger partial charge in [0, 0.05) is 19.1 Å². The van der Waals surface area contributed by atoms with Gasteiger partial charge in [-0.25, -0.2) is 4.79 Å². The van der Waals surface area contributed by atoms with Crippen LogP contribution < -0.4 is 0 Å². The van der Waals surface area contributed by atoms with Crippen LogP contribution in [0.15, 0.2) is 0 Å². The largest absolute Gasteiger partial charge is 0.467 e. The molecule has 1 N–H and O–H groups in total. The number of carbonyl (C=O) groups excluding carboxylic acids is 1. The number of hydrogen-bond acceptors (Lipinski definition) is 5. The number of methoxy groups -OCH3 is 1. The van der Waals surface area contributed by atoms with Crippen LogP contribution in [0, 0.1) is 0 Å². The molecule has 104 valence electrons. The van der Waals surface area contributed by atoms with Crippen LogP contribution in [0.1, 0.15) is 32.6 Å². The summed E-state index contributed by atoms with van der Waals surface area (Å²) in [5.41, 5.74) is -1.44. The van der Waals surface area contributed by atoms with Crippen molar-refractivity contribution in [2.24, 2.45) is 0 Å². The molecule has 3 atom stereocenters. The number of fused-ring (bicyclic) bond motifs is 1. The van der Waals surface area contributed by atoms with E-state index in [2.05, 4.69) is 9.64 Å². The van der Waals surface area contributed by atoms with Crippen LogP contribution in [-0.4, -0.2) is 60.5 Å². The van der Waals surface area contributed by atoms with Gasteiger partial charge in [0.05, 0.1) is 19.8 Å². The van der Waals surface area contributed by atoms with Crippen molar-refractivity contribution in [2.45, 2.75) is 50.4 Å². The second-order valence-electron chi connectivity index (χ2n) is 5.50. The predicted octanol–water partition coefficient (Wildman–Crippen LogP) is 0.554. The molecule has 2 aliphatic rings. The van der Waals surface area contributed by atoms with Crippen molar-refractivity contribution in [3.63, 3.8) is 0 Å². The van der Waals surface area contributed by atoms with Crippen molar-refractivity contribution in [3.05, 3.63) is 0 Å². The molecule has 0 aromatic heterocycles. The first-order valence-corrected chi connectivity index (χ1v) is 6.71. The van der Waals surface area contributed by atoms with Crippen molar-refractivity contribution in [1.29, 1.82) is 0 Å². The summed E-state index contributed by atoms with van der Waals surface area (Å²) >= 11 is 0. The number of hydrogen-bond donors (Lipinski definition) is 1. The van der Waals surface area contributed by atoms with Gasteiger partial charge >= 0.3 is 5.97 Å². The molecule has 2 fully saturated rings. The molecule has 5 heteroatoms. The average Bonchev–Trinajstić information content (AvgIpc) is 2.38. The second kappa shape index (κ2) is 5.55. The Hall–Kier alpha value is -0.650. The van der Waals surface area contributed by atoms with Crippen molar-refractivity contribution in [3.8, 4) is 0 Å². The minimum absolute atomic E-state index is 0.265. The summed E-state index contributed by atoms with van der Waals surface area (Å²) in [6, 6.07) is 0.337. The fraction of sp³-hybridized carbons (Fsp3) is 0.923. The third kappa shape index (κ3) is 2.84. The minimum Gasteiger partial charge on any atom is -0.467 e. The number of esters is 1. The minimum atomic E-state index is -1.44. The highest BCUT2D eigenvalue weighted by Gasteiger charge is 2.40. The third-order valence-electron chi connectivity index (χ3n) is 3.98. The number of morpholine rings is 1. The molecule has 18 heavy (non-hydrogen) atoms. The first-order valence-electron chi connectivity index (χ1n) is 6.71. The van der Waals surface area contributed by atoms with Gasteiger partial charge in [-0.3, -0.25) is 4.90 Å². The summed E-state index contributed by atoms with van der Waals surface area (Å²) in [4.78, 5) is 13.7. The average molecular weight is 257 g/mol. The monoisotopic (exact) mass is 257 g/mol. The molecule has 0 radical (unpaired) electrons. The standard InChI is InChI=1S/C13H23NO4/c1-13(16,12(15)17-2)9-14-7-8-18-11-6-4-3-5-10(11)14/h10-11,16H,3-9H2,1-2H3. The summed E-state index contributed by atoms with van der Waals surface area (Å²) in [7, 11) is 1.31. The van der Waals surface area contributed by atoms with Crippen LogP contribution >= 0.6 is 0 Å². The highest BCUT2D eigenvalue weighted by atomic mass is 16.5.